The third-order valence-electron chi connectivity index (χ3n) is 2.03. The fourth-order valence-electron chi connectivity index (χ4n) is 1.12. The van der Waals surface area contributed by atoms with E-state index < -0.39 is 10.0 Å². The Bertz CT molecular complexity index is 427. The molecule has 1 aromatic rings. The maximum absolute atomic E-state index is 11.8. The molecule has 1 rings (SSSR count). The van der Waals surface area contributed by atoms with Crippen molar-refractivity contribution in [1.82, 2.24) is 4.47 Å². The predicted molar refractivity (Wildman–Crippen MR) is 59.6 cm³/mol. The van der Waals surface area contributed by atoms with E-state index in [1.54, 1.807) is 12.1 Å². The average molecular weight is 245 g/mol. The summed E-state index contributed by atoms with van der Waals surface area (Å²) in [6.45, 7) is 2.41. The zero-order valence-electron chi connectivity index (χ0n) is 9.50. The highest BCUT2D eigenvalue weighted by Gasteiger charge is 2.20. The standard InChI is InChI=1S/C10H15NO4S/c1-4-15-9-5-7-10(8-6-9)16(12,13)11(2)14-3/h5-8H,4H2,1-3H3. The molecule has 0 bridgehead atoms. The van der Waals surface area contributed by atoms with Gasteiger partial charge in [0.2, 0.25) is 0 Å². The van der Waals surface area contributed by atoms with E-state index in [2.05, 4.69) is 4.84 Å². The molecule has 0 aromatic heterocycles. The lowest BCUT2D eigenvalue weighted by Crippen LogP contribution is -2.25. The summed E-state index contributed by atoms with van der Waals surface area (Å²) in [6, 6.07) is 6.19. The van der Waals surface area contributed by atoms with Gasteiger partial charge in [0.15, 0.2) is 0 Å². The molecule has 0 unspecified atom stereocenters. The maximum Gasteiger partial charge on any atom is 0.264 e. The van der Waals surface area contributed by atoms with Crippen LogP contribution in [0.3, 0.4) is 0 Å². The molecule has 0 heterocycles. The van der Waals surface area contributed by atoms with Gasteiger partial charge in [-0.2, -0.15) is 0 Å². The largest absolute Gasteiger partial charge is 0.494 e. The van der Waals surface area contributed by atoms with Crippen LogP contribution in [0.4, 0.5) is 0 Å². The number of rotatable bonds is 5. The first-order chi connectivity index (χ1) is 7.52. The van der Waals surface area contributed by atoms with Crippen molar-refractivity contribution in [3.8, 4) is 5.75 Å². The number of nitrogens with zero attached hydrogens (tertiary/aromatic N) is 1. The van der Waals surface area contributed by atoms with Crippen molar-refractivity contribution in [1.29, 1.82) is 0 Å². The third kappa shape index (κ3) is 2.72. The predicted octanol–water partition coefficient (Wildman–Crippen LogP) is 1.27. The zero-order chi connectivity index (χ0) is 12.2. The monoisotopic (exact) mass is 245 g/mol. The molecule has 90 valence electrons. The molecule has 5 nitrogen and oxygen atoms in total. The van der Waals surface area contributed by atoms with Gasteiger partial charge in [0.05, 0.1) is 18.6 Å². The SMILES string of the molecule is CCOc1ccc(S(=O)(=O)N(C)OC)cc1. The molecule has 0 radical (unpaired) electrons. The van der Waals surface area contributed by atoms with Crippen molar-refractivity contribution >= 4 is 10.0 Å². The summed E-state index contributed by atoms with van der Waals surface area (Å²) < 4.78 is 29.6. The number of benzene rings is 1. The van der Waals surface area contributed by atoms with Crippen LogP contribution < -0.4 is 4.74 Å². The lowest BCUT2D eigenvalue weighted by atomic mass is 10.3. The topological polar surface area (TPSA) is 55.8 Å². The van der Waals surface area contributed by atoms with E-state index in [-0.39, 0.29) is 4.90 Å². The molecular formula is C10H15NO4S. The van der Waals surface area contributed by atoms with Gasteiger partial charge in [-0.3, -0.25) is 4.84 Å². The van der Waals surface area contributed by atoms with Crippen molar-refractivity contribution in [3.63, 3.8) is 0 Å². The molecule has 0 atom stereocenters. The lowest BCUT2D eigenvalue weighted by Gasteiger charge is -2.14. The first-order valence-electron chi connectivity index (χ1n) is 4.78. The Hall–Kier alpha value is -1.11. The number of hydrogen-bond acceptors (Lipinski definition) is 4. The summed E-state index contributed by atoms with van der Waals surface area (Å²) >= 11 is 0. The molecule has 0 saturated heterocycles. The Kier molecular flexibility index (Phi) is 4.28. The molecule has 0 fully saturated rings. The van der Waals surface area contributed by atoms with Gasteiger partial charge in [-0.1, -0.05) is 4.47 Å². The summed E-state index contributed by atoms with van der Waals surface area (Å²) in [6.07, 6.45) is 0. The fourth-order valence-corrected chi connectivity index (χ4v) is 2.09. The summed E-state index contributed by atoms with van der Waals surface area (Å²) in [5.41, 5.74) is 0. The van der Waals surface area contributed by atoms with Gasteiger partial charge in [-0.05, 0) is 31.2 Å². The van der Waals surface area contributed by atoms with Crippen molar-refractivity contribution < 1.29 is 18.0 Å². The van der Waals surface area contributed by atoms with Crippen molar-refractivity contribution in [3.05, 3.63) is 24.3 Å². The normalized spacial score (nSPS) is 11.8. The van der Waals surface area contributed by atoms with Crippen molar-refractivity contribution in [2.45, 2.75) is 11.8 Å². The van der Waals surface area contributed by atoms with Crippen LogP contribution in [0.5, 0.6) is 5.75 Å². The van der Waals surface area contributed by atoms with Crippen LogP contribution in [-0.2, 0) is 14.9 Å². The Morgan fingerprint density at radius 1 is 1.25 bits per heavy atom. The van der Waals surface area contributed by atoms with E-state index >= 15 is 0 Å². The van der Waals surface area contributed by atoms with E-state index in [1.165, 1.54) is 26.3 Å². The van der Waals surface area contributed by atoms with Gasteiger partial charge in [0, 0.05) is 7.05 Å². The van der Waals surface area contributed by atoms with Gasteiger partial charge in [-0.25, -0.2) is 8.42 Å². The van der Waals surface area contributed by atoms with Crippen LogP contribution >= 0.6 is 0 Å². The highest BCUT2D eigenvalue weighted by atomic mass is 32.2. The zero-order valence-corrected chi connectivity index (χ0v) is 10.3. The highest BCUT2D eigenvalue weighted by Crippen LogP contribution is 2.18. The first-order valence-corrected chi connectivity index (χ1v) is 6.22. The summed E-state index contributed by atoms with van der Waals surface area (Å²) in [5.74, 6) is 0.640. The van der Waals surface area contributed by atoms with E-state index in [0.717, 1.165) is 4.47 Å². The van der Waals surface area contributed by atoms with E-state index in [4.69, 9.17) is 4.74 Å². The molecule has 16 heavy (non-hydrogen) atoms. The maximum atomic E-state index is 11.8. The molecule has 1 aromatic carbocycles. The smallest absolute Gasteiger partial charge is 0.264 e. The van der Waals surface area contributed by atoms with Crippen LogP contribution in [0.2, 0.25) is 0 Å². The van der Waals surface area contributed by atoms with Gasteiger partial charge >= 0.3 is 0 Å². The van der Waals surface area contributed by atoms with Gasteiger partial charge in [-0.15, -0.1) is 0 Å². The summed E-state index contributed by atoms with van der Waals surface area (Å²) in [7, 11) is -0.928. The molecule has 6 heteroatoms. The quantitative estimate of drug-likeness (QED) is 0.733. The second kappa shape index (κ2) is 5.29. The number of hydroxylamine groups is 1. The van der Waals surface area contributed by atoms with Crippen LogP contribution in [0, 0.1) is 0 Å². The Labute approximate surface area is 95.6 Å². The Morgan fingerprint density at radius 3 is 2.25 bits per heavy atom. The number of ether oxygens (including phenoxy) is 1. The van der Waals surface area contributed by atoms with Crippen LogP contribution in [0.15, 0.2) is 29.2 Å². The molecule has 0 aliphatic rings. The van der Waals surface area contributed by atoms with Crippen molar-refractivity contribution in [2.24, 2.45) is 0 Å². The van der Waals surface area contributed by atoms with Crippen LogP contribution in [-0.4, -0.2) is 33.7 Å². The Morgan fingerprint density at radius 2 is 1.81 bits per heavy atom. The first kappa shape index (κ1) is 13.0. The summed E-state index contributed by atoms with van der Waals surface area (Å²) in [5, 5.41) is 0. The molecule has 0 N–H and O–H groups in total. The number of sulfonamides is 1. The van der Waals surface area contributed by atoms with Crippen LogP contribution in [0.25, 0.3) is 0 Å². The van der Waals surface area contributed by atoms with Gasteiger partial charge in [0.1, 0.15) is 5.75 Å². The Balaban J connectivity index is 2.97. The molecule has 0 aliphatic heterocycles. The van der Waals surface area contributed by atoms with E-state index in [0.29, 0.717) is 12.4 Å². The average Bonchev–Trinajstić information content (AvgIpc) is 2.29. The minimum Gasteiger partial charge on any atom is -0.494 e. The minimum atomic E-state index is -3.57. The second-order valence-corrected chi connectivity index (χ2v) is 4.94. The molecule has 0 amide bonds. The summed E-state index contributed by atoms with van der Waals surface area (Å²) in [4.78, 5) is 4.83. The molecule has 0 spiro atoms. The highest BCUT2D eigenvalue weighted by molar-refractivity contribution is 7.89. The van der Waals surface area contributed by atoms with Crippen LogP contribution in [0.1, 0.15) is 6.92 Å². The van der Waals surface area contributed by atoms with Gasteiger partial charge < -0.3 is 4.74 Å². The molecule has 0 aliphatic carbocycles. The van der Waals surface area contributed by atoms with E-state index in [1.807, 2.05) is 6.92 Å². The van der Waals surface area contributed by atoms with E-state index in [9.17, 15) is 8.42 Å². The second-order valence-electron chi connectivity index (χ2n) is 3.00. The lowest BCUT2D eigenvalue weighted by molar-refractivity contribution is -0.0258. The molecule has 0 saturated carbocycles. The fraction of sp³-hybridized carbons (Fsp3) is 0.400. The minimum absolute atomic E-state index is 0.167. The van der Waals surface area contributed by atoms with Gasteiger partial charge in [0.25, 0.3) is 10.0 Å². The van der Waals surface area contributed by atoms with Crippen molar-refractivity contribution in [2.75, 3.05) is 20.8 Å². The molecular weight excluding hydrogens is 230 g/mol. The third-order valence-corrected chi connectivity index (χ3v) is 3.72. The number of hydrogen-bond donors (Lipinski definition) is 0.